The highest BCUT2D eigenvalue weighted by molar-refractivity contribution is 5.91. The lowest BCUT2D eigenvalue weighted by molar-refractivity contribution is -0.207. The molecule has 26 heavy (non-hydrogen) atoms. The van der Waals surface area contributed by atoms with Crippen LogP contribution in [-0.2, 0) is 4.79 Å². The van der Waals surface area contributed by atoms with Gasteiger partial charge in [-0.1, -0.05) is 19.4 Å². The molecule has 5 heteroatoms. The topological polar surface area (TPSA) is 98.0 Å². The molecule has 0 aromatic heterocycles. The van der Waals surface area contributed by atoms with Gasteiger partial charge in [-0.15, -0.1) is 0 Å². The smallest absolute Gasteiger partial charge is 0.155 e. The first kappa shape index (κ1) is 18.6. The monoisotopic (exact) mass is 364 g/mol. The summed E-state index contributed by atoms with van der Waals surface area (Å²) in [4.78, 5) is 11.9. The zero-order chi connectivity index (χ0) is 18.9. The van der Waals surface area contributed by atoms with Crippen LogP contribution in [0.3, 0.4) is 0 Å². The molecular weight excluding hydrogens is 332 g/mol. The molecule has 0 unspecified atom stereocenters. The lowest BCUT2D eigenvalue weighted by Gasteiger charge is -2.61. The third kappa shape index (κ3) is 2.20. The molecule has 0 heterocycles. The number of allylic oxidation sites excluding steroid dienone is 1. The van der Waals surface area contributed by atoms with Crippen LogP contribution in [0.25, 0.3) is 0 Å². The predicted octanol–water partition coefficient (Wildman–Crippen LogP) is 1.57. The zero-order valence-corrected chi connectivity index (χ0v) is 15.8. The van der Waals surface area contributed by atoms with Crippen LogP contribution in [-0.4, -0.2) is 50.6 Å². The van der Waals surface area contributed by atoms with E-state index in [2.05, 4.69) is 6.92 Å². The fourth-order valence-electron chi connectivity index (χ4n) is 7.42. The largest absolute Gasteiger partial charge is 0.394 e. The fourth-order valence-corrected chi connectivity index (χ4v) is 7.42. The van der Waals surface area contributed by atoms with Gasteiger partial charge in [-0.05, 0) is 67.8 Å². The van der Waals surface area contributed by atoms with Crippen LogP contribution in [0.5, 0.6) is 0 Å². The normalized spacial score (nSPS) is 51.9. The van der Waals surface area contributed by atoms with Gasteiger partial charge < -0.3 is 20.4 Å². The van der Waals surface area contributed by atoms with Crippen molar-refractivity contribution in [1.29, 1.82) is 0 Å². The minimum absolute atomic E-state index is 0.0993. The van der Waals surface area contributed by atoms with Crippen molar-refractivity contribution < 1.29 is 25.2 Å². The van der Waals surface area contributed by atoms with Crippen molar-refractivity contribution in [2.24, 2.45) is 28.6 Å². The molecule has 5 nitrogen and oxygen atoms in total. The molecule has 0 aliphatic heterocycles. The number of hydrogen-bond acceptors (Lipinski definition) is 5. The van der Waals surface area contributed by atoms with Gasteiger partial charge in [0.25, 0.3) is 0 Å². The van der Waals surface area contributed by atoms with Gasteiger partial charge in [-0.3, -0.25) is 4.79 Å². The summed E-state index contributed by atoms with van der Waals surface area (Å²) in [6.45, 7) is 3.73. The molecule has 4 rings (SSSR count). The molecule has 0 saturated heterocycles. The SMILES string of the molecule is C[C@]12CCC(=O)C=C1CC[C@@H]1[C@@H]2[C@@H](O)C[C@]2(C)[C@@H]1CC[C@]2(O)[C@H](O)CO. The van der Waals surface area contributed by atoms with Gasteiger partial charge in [0.2, 0.25) is 0 Å². The summed E-state index contributed by atoms with van der Waals surface area (Å²) in [7, 11) is 0. The van der Waals surface area contributed by atoms with Crippen molar-refractivity contribution >= 4 is 5.78 Å². The average molecular weight is 364 g/mol. The van der Waals surface area contributed by atoms with Crippen LogP contribution in [0.1, 0.15) is 58.8 Å². The third-order valence-electron chi connectivity index (χ3n) is 8.84. The maximum Gasteiger partial charge on any atom is 0.155 e. The number of carbonyl (C=O) groups excluding carboxylic acids is 1. The molecule has 0 bridgehead atoms. The third-order valence-corrected chi connectivity index (χ3v) is 8.84. The highest BCUT2D eigenvalue weighted by Gasteiger charge is 2.67. The first-order valence-corrected chi connectivity index (χ1v) is 10.1. The van der Waals surface area contributed by atoms with Crippen LogP contribution < -0.4 is 0 Å². The number of ketones is 1. The second-order valence-corrected chi connectivity index (χ2v) is 9.74. The lowest BCUT2D eigenvalue weighted by Crippen LogP contribution is -2.63. The van der Waals surface area contributed by atoms with E-state index in [-0.39, 0.29) is 29.0 Å². The Morgan fingerprint density at radius 1 is 1.23 bits per heavy atom. The van der Waals surface area contributed by atoms with Crippen LogP contribution >= 0.6 is 0 Å². The van der Waals surface area contributed by atoms with Crippen molar-refractivity contribution in [3.63, 3.8) is 0 Å². The highest BCUT2D eigenvalue weighted by atomic mass is 16.4. The summed E-state index contributed by atoms with van der Waals surface area (Å²) >= 11 is 0. The Labute approximate surface area is 155 Å². The summed E-state index contributed by atoms with van der Waals surface area (Å²) in [5.74, 6) is 0.798. The number of rotatable bonds is 2. The Balaban J connectivity index is 1.72. The zero-order valence-electron chi connectivity index (χ0n) is 15.8. The van der Waals surface area contributed by atoms with Gasteiger partial charge in [-0.2, -0.15) is 0 Å². The van der Waals surface area contributed by atoms with Gasteiger partial charge in [-0.25, -0.2) is 0 Å². The van der Waals surface area contributed by atoms with E-state index in [1.807, 2.05) is 13.0 Å². The van der Waals surface area contributed by atoms with Crippen molar-refractivity contribution in [3.05, 3.63) is 11.6 Å². The number of fused-ring (bicyclic) bond motifs is 5. The molecule has 3 fully saturated rings. The molecule has 0 aromatic carbocycles. The van der Waals surface area contributed by atoms with E-state index in [1.165, 1.54) is 5.57 Å². The minimum Gasteiger partial charge on any atom is -0.394 e. The van der Waals surface area contributed by atoms with E-state index in [0.717, 1.165) is 25.7 Å². The van der Waals surface area contributed by atoms with Crippen LogP contribution in [0.4, 0.5) is 0 Å². The second-order valence-electron chi connectivity index (χ2n) is 9.74. The van der Waals surface area contributed by atoms with Gasteiger partial charge in [0, 0.05) is 11.8 Å². The molecule has 3 saturated carbocycles. The summed E-state index contributed by atoms with van der Waals surface area (Å²) < 4.78 is 0. The Morgan fingerprint density at radius 2 is 1.96 bits per heavy atom. The number of aliphatic hydroxyl groups is 4. The molecular formula is C21H32O5. The molecule has 146 valence electrons. The van der Waals surface area contributed by atoms with E-state index in [4.69, 9.17) is 0 Å². The van der Waals surface area contributed by atoms with Crippen molar-refractivity contribution in [3.8, 4) is 0 Å². The van der Waals surface area contributed by atoms with E-state index >= 15 is 0 Å². The lowest BCUT2D eigenvalue weighted by atomic mass is 9.45. The summed E-state index contributed by atoms with van der Waals surface area (Å²) in [5.41, 5.74) is -0.898. The highest BCUT2D eigenvalue weighted by Crippen LogP contribution is 2.67. The number of hydrogen-bond donors (Lipinski definition) is 4. The van der Waals surface area contributed by atoms with Crippen LogP contribution in [0, 0.1) is 28.6 Å². The molecule has 0 amide bonds. The van der Waals surface area contributed by atoms with Crippen LogP contribution in [0.2, 0.25) is 0 Å². The Bertz CT molecular complexity index is 644. The number of carbonyl (C=O) groups is 1. The van der Waals surface area contributed by atoms with E-state index in [0.29, 0.717) is 19.3 Å². The molecule has 4 aliphatic rings. The molecule has 0 aromatic rings. The van der Waals surface area contributed by atoms with Gasteiger partial charge >= 0.3 is 0 Å². The van der Waals surface area contributed by atoms with Crippen molar-refractivity contribution in [2.45, 2.75) is 76.6 Å². The Morgan fingerprint density at radius 3 is 2.65 bits per heavy atom. The van der Waals surface area contributed by atoms with E-state index in [9.17, 15) is 25.2 Å². The van der Waals surface area contributed by atoms with Crippen molar-refractivity contribution in [2.75, 3.05) is 6.61 Å². The first-order chi connectivity index (χ1) is 12.2. The quantitative estimate of drug-likeness (QED) is 0.596. The standard InChI is InChI=1S/C21H32O5/c1-19-7-5-13(23)9-12(19)3-4-14-15-6-8-21(26,17(25)11-22)20(15,2)10-16(24)18(14)19/h9,14-18,22,24-26H,3-8,10-11H2,1-2H3/t14-,15+,16-,17+,18+,19-,20+,21-/m0/s1. The maximum absolute atomic E-state index is 11.9. The Kier molecular flexibility index (Phi) is 4.20. The van der Waals surface area contributed by atoms with Gasteiger partial charge in [0.05, 0.1) is 18.3 Å². The summed E-state index contributed by atoms with van der Waals surface area (Å²) in [6.07, 6.45) is 4.92. The van der Waals surface area contributed by atoms with Crippen molar-refractivity contribution in [1.82, 2.24) is 0 Å². The molecule has 0 radical (unpaired) electrons. The average Bonchev–Trinajstić information content (AvgIpc) is 2.86. The predicted molar refractivity (Wildman–Crippen MR) is 96.1 cm³/mol. The van der Waals surface area contributed by atoms with Crippen LogP contribution in [0.15, 0.2) is 11.6 Å². The van der Waals surface area contributed by atoms with E-state index < -0.39 is 29.8 Å². The fraction of sp³-hybridized carbons (Fsp3) is 0.857. The van der Waals surface area contributed by atoms with Gasteiger partial charge in [0.15, 0.2) is 5.78 Å². The molecule has 4 N–H and O–H groups in total. The molecule has 8 atom stereocenters. The molecule has 4 aliphatic carbocycles. The maximum atomic E-state index is 11.9. The van der Waals surface area contributed by atoms with Gasteiger partial charge in [0.1, 0.15) is 6.10 Å². The second kappa shape index (κ2) is 5.87. The number of aliphatic hydroxyl groups excluding tert-OH is 3. The molecule has 0 spiro atoms. The minimum atomic E-state index is -1.35. The Hall–Kier alpha value is -0.750. The first-order valence-electron chi connectivity index (χ1n) is 10.1. The summed E-state index contributed by atoms with van der Waals surface area (Å²) in [6, 6.07) is 0. The summed E-state index contributed by atoms with van der Waals surface area (Å²) in [5, 5.41) is 42.3. The van der Waals surface area contributed by atoms with E-state index in [1.54, 1.807) is 0 Å².